The van der Waals surface area contributed by atoms with Crippen molar-refractivity contribution >= 4 is 34.5 Å². The Labute approximate surface area is 234 Å². The second kappa shape index (κ2) is 10.1. The number of thiazole rings is 1. The number of hydrogen-bond donors (Lipinski definition) is 0. The van der Waals surface area contributed by atoms with Crippen LogP contribution in [0, 0.1) is 0 Å². The minimum absolute atomic E-state index is 0.0696. The van der Waals surface area contributed by atoms with Gasteiger partial charge in [0.2, 0.25) is 0 Å². The summed E-state index contributed by atoms with van der Waals surface area (Å²) in [5.41, 5.74) is -1.05. The van der Waals surface area contributed by atoms with Crippen molar-refractivity contribution in [2.45, 2.75) is 83.5 Å². The number of hydrogen-bond acceptors (Lipinski definition) is 9. The van der Waals surface area contributed by atoms with E-state index in [1.165, 1.54) is 18.4 Å². The fourth-order valence-corrected chi connectivity index (χ4v) is 6.00. The lowest BCUT2D eigenvalue weighted by atomic mass is 9.92. The van der Waals surface area contributed by atoms with Gasteiger partial charge in [-0.3, -0.25) is 4.90 Å². The Kier molecular flexibility index (Phi) is 7.18. The average molecular weight is 583 g/mol. The molecule has 2 aromatic heterocycles. The Morgan fingerprint density at radius 1 is 1.12 bits per heavy atom. The second-order valence-corrected chi connectivity index (χ2v) is 12.5. The monoisotopic (exact) mass is 582 g/mol. The molecule has 0 radical (unpaired) electrons. The lowest BCUT2D eigenvalue weighted by Crippen LogP contribution is -2.63. The maximum Gasteiger partial charge on any atom is 0.573 e. The first kappa shape index (κ1) is 28.5. The number of carbonyl (C=O) groups is 1. The topological polar surface area (TPSA) is 90.2 Å². The number of alkyl halides is 3. The molecule has 1 amide bonds. The number of piperazine rings is 1. The summed E-state index contributed by atoms with van der Waals surface area (Å²) in [6, 6.07) is 1.43. The number of rotatable bonds is 5. The minimum atomic E-state index is -4.97. The molecule has 2 unspecified atom stereocenters. The van der Waals surface area contributed by atoms with Gasteiger partial charge in [-0.15, -0.1) is 24.5 Å². The molecule has 40 heavy (non-hydrogen) atoms. The number of carbonyl (C=O) groups excluding carboxylic acids is 1. The van der Waals surface area contributed by atoms with Gasteiger partial charge in [-0.25, -0.2) is 9.78 Å². The molecule has 1 aromatic carbocycles. The van der Waals surface area contributed by atoms with Crippen LogP contribution in [0.25, 0.3) is 21.7 Å². The Morgan fingerprint density at radius 2 is 1.80 bits per heavy atom. The van der Waals surface area contributed by atoms with Gasteiger partial charge in [-0.05, 0) is 59.9 Å². The summed E-state index contributed by atoms with van der Waals surface area (Å²) in [6.07, 6.45) is -1.22. The summed E-state index contributed by atoms with van der Waals surface area (Å²) in [4.78, 5) is 25.7. The van der Waals surface area contributed by atoms with Gasteiger partial charge in [0.25, 0.3) is 6.01 Å². The predicted molar refractivity (Wildman–Crippen MR) is 144 cm³/mol. The number of benzene rings is 1. The first-order valence-corrected chi connectivity index (χ1v) is 14.0. The third-order valence-electron chi connectivity index (χ3n) is 7.25. The van der Waals surface area contributed by atoms with Crippen LogP contribution in [-0.2, 0) is 15.1 Å². The highest BCUT2D eigenvalue weighted by Gasteiger charge is 2.44. The number of anilines is 1. The van der Waals surface area contributed by atoms with Crippen molar-refractivity contribution in [3.05, 3.63) is 23.2 Å². The SMILES string of the molecule is COC(C)(C)c1cc(-c2nccs2)c2oc(N3CC4CCCC(C3)N4C(=O)OC(C)(C)C)nc2c1OC(F)(F)F. The van der Waals surface area contributed by atoms with Gasteiger partial charge in [0.05, 0.1) is 23.2 Å². The molecule has 2 aliphatic rings. The Hall–Kier alpha value is -3.06. The maximum atomic E-state index is 13.7. The van der Waals surface area contributed by atoms with Gasteiger partial charge < -0.3 is 23.5 Å². The molecule has 0 saturated carbocycles. The number of ether oxygens (including phenoxy) is 3. The van der Waals surface area contributed by atoms with E-state index in [-0.39, 0.29) is 40.9 Å². The molecule has 2 atom stereocenters. The minimum Gasteiger partial charge on any atom is -0.444 e. The Morgan fingerprint density at radius 3 is 2.35 bits per heavy atom. The van der Waals surface area contributed by atoms with Crippen LogP contribution in [0.2, 0.25) is 0 Å². The summed E-state index contributed by atoms with van der Waals surface area (Å²) in [6.45, 7) is 9.60. The number of aromatic nitrogens is 2. The van der Waals surface area contributed by atoms with Crippen molar-refractivity contribution < 1.29 is 36.6 Å². The van der Waals surface area contributed by atoms with E-state index in [0.717, 1.165) is 19.3 Å². The lowest BCUT2D eigenvalue weighted by molar-refractivity contribution is -0.274. The number of piperidine rings is 1. The zero-order valence-electron chi connectivity index (χ0n) is 23.3. The quantitative estimate of drug-likeness (QED) is 0.328. The Balaban J connectivity index is 1.60. The van der Waals surface area contributed by atoms with E-state index < -0.39 is 23.3 Å². The highest BCUT2D eigenvalue weighted by molar-refractivity contribution is 7.13. The van der Waals surface area contributed by atoms with Crippen molar-refractivity contribution in [2.75, 3.05) is 25.1 Å². The van der Waals surface area contributed by atoms with Crippen molar-refractivity contribution in [2.24, 2.45) is 0 Å². The van der Waals surface area contributed by atoms with Crippen LogP contribution < -0.4 is 9.64 Å². The molecule has 0 spiro atoms. The molecular weight excluding hydrogens is 549 g/mol. The number of halogens is 3. The van der Waals surface area contributed by atoms with E-state index in [1.807, 2.05) is 25.7 Å². The number of methoxy groups -OCH3 is 1. The number of amides is 1. The number of nitrogens with zero attached hydrogens (tertiary/aromatic N) is 4. The summed E-state index contributed by atoms with van der Waals surface area (Å²) in [5.74, 6) is -0.475. The van der Waals surface area contributed by atoms with Crippen molar-refractivity contribution in [3.63, 3.8) is 0 Å². The van der Waals surface area contributed by atoms with E-state index in [2.05, 4.69) is 14.7 Å². The van der Waals surface area contributed by atoms with Crippen LogP contribution in [0.3, 0.4) is 0 Å². The van der Waals surface area contributed by atoms with Crippen LogP contribution in [0.5, 0.6) is 5.75 Å². The summed E-state index contributed by atoms with van der Waals surface area (Å²) < 4.78 is 63.0. The number of fused-ring (bicyclic) bond motifs is 3. The molecule has 0 N–H and O–H groups in total. The van der Waals surface area contributed by atoms with Crippen LogP contribution >= 0.6 is 11.3 Å². The molecule has 2 bridgehead atoms. The molecule has 5 rings (SSSR count). The zero-order valence-corrected chi connectivity index (χ0v) is 24.1. The summed E-state index contributed by atoms with van der Waals surface area (Å²) >= 11 is 1.33. The van der Waals surface area contributed by atoms with Gasteiger partial charge in [0, 0.05) is 37.3 Å². The third-order valence-corrected chi connectivity index (χ3v) is 8.05. The predicted octanol–water partition coefficient (Wildman–Crippen LogP) is 6.71. The molecule has 218 valence electrons. The van der Waals surface area contributed by atoms with Crippen LogP contribution in [0.15, 0.2) is 22.1 Å². The van der Waals surface area contributed by atoms with Gasteiger partial charge in [0.15, 0.2) is 16.8 Å². The molecule has 2 aliphatic heterocycles. The van der Waals surface area contributed by atoms with Crippen molar-refractivity contribution in [1.29, 1.82) is 0 Å². The fourth-order valence-electron chi connectivity index (χ4n) is 5.35. The highest BCUT2D eigenvalue weighted by atomic mass is 32.1. The van der Waals surface area contributed by atoms with Crippen molar-refractivity contribution in [3.8, 4) is 16.3 Å². The molecule has 2 saturated heterocycles. The maximum absolute atomic E-state index is 13.7. The first-order valence-electron chi connectivity index (χ1n) is 13.1. The first-order chi connectivity index (χ1) is 18.7. The summed E-state index contributed by atoms with van der Waals surface area (Å²) in [5, 5.41) is 2.34. The molecular formula is C27H33F3N4O5S. The van der Waals surface area contributed by atoms with Crippen LogP contribution in [0.1, 0.15) is 59.4 Å². The summed E-state index contributed by atoms with van der Waals surface area (Å²) in [7, 11) is 1.42. The third kappa shape index (κ3) is 5.58. The zero-order chi connectivity index (χ0) is 29.0. The highest BCUT2D eigenvalue weighted by Crippen LogP contribution is 2.46. The molecule has 0 aliphatic carbocycles. The molecule has 9 nitrogen and oxygen atoms in total. The van der Waals surface area contributed by atoms with Gasteiger partial charge in [-0.2, -0.15) is 4.98 Å². The standard InChI is InChI=1S/C27H33F3N4O5S/c1-25(2,3)39-24(35)34-15-8-7-9-16(34)14-33(13-15)23-32-19-20(37-23)17(22-31-10-11-40-22)12-18(26(4,5)36-6)21(19)38-27(28,29)30/h10-12,15-16H,7-9,13-14H2,1-6H3. The van der Waals surface area contributed by atoms with E-state index in [1.54, 1.807) is 36.4 Å². The van der Waals surface area contributed by atoms with Crippen LogP contribution in [-0.4, -0.2) is 65.2 Å². The normalized spacial score (nSPS) is 20.2. The van der Waals surface area contributed by atoms with Crippen molar-refractivity contribution in [1.82, 2.24) is 14.9 Å². The van der Waals surface area contributed by atoms with Gasteiger partial charge >= 0.3 is 12.5 Å². The second-order valence-electron chi connectivity index (χ2n) is 11.6. The molecule has 2 fully saturated rings. The molecule has 3 aromatic rings. The lowest BCUT2D eigenvalue weighted by Gasteiger charge is -2.49. The van der Waals surface area contributed by atoms with Gasteiger partial charge in [-0.1, -0.05) is 0 Å². The van der Waals surface area contributed by atoms with E-state index in [4.69, 9.17) is 13.9 Å². The average Bonchev–Trinajstić information content (AvgIpc) is 3.52. The Bertz CT molecular complexity index is 1370. The molecule has 13 heteroatoms. The smallest absolute Gasteiger partial charge is 0.444 e. The fraction of sp³-hybridized carbons (Fsp3) is 0.593. The van der Waals surface area contributed by atoms with Crippen LogP contribution in [0.4, 0.5) is 24.0 Å². The van der Waals surface area contributed by atoms with E-state index in [0.29, 0.717) is 23.7 Å². The van der Waals surface area contributed by atoms with E-state index >= 15 is 0 Å². The van der Waals surface area contributed by atoms with Gasteiger partial charge in [0.1, 0.15) is 10.6 Å². The largest absolute Gasteiger partial charge is 0.573 e. The van der Waals surface area contributed by atoms with E-state index in [9.17, 15) is 18.0 Å². The molecule has 4 heterocycles. The number of oxazole rings is 1.